The predicted octanol–water partition coefficient (Wildman–Crippen LogP) is 2.37. The molecule has 3 nitrogen and oxygen atoms in total. The van der Waals surface area contributed by atoms with Gasteiger partial charge in [-0.15, -0.1) is 11.8 Å². The molecule has 0 amide bonds. The van der Waals surface area contributed by atoms with E-state index in [1.54, 1.807) is 0 Å². The van der Waals surface area contributed by atoms with Crippen LogP contribution in [-0.2, 0) is 9.53 Å². The Hall–Kier alpha value is -1.00. The van der Waals surface area contributed by atoms with Gasteiger partial charge in [0.1, 0.15) is 0 Å². The van der Waals surface area contributed by atoms with Crippen LogP contribution in [0.15, 0.2) is 30.3 Å². The summed E-state index contributed by atoms with van der Waals surface area (Å²) in [5, 5.41) is 0.126. The minimum Gasteiger partial charge on any atom is -0.465 e. The first kappa shape index (κ1) is 14.1. The van der Waals surface area contributed by atoms with Gasteiger partial charge in [0.25, 0.3) is 0 Å². The zero-order chi connectivity index (χ0) is 12.7. The van der Waals surface area contributed by atoms with Crippen LogP contribution in [0.5, 0.6) is 0 Å². The third-order valence-electron chi connectivity index (χ3n) is 2.29. The Morgan fingerprint density at radius 2 is 2.06 bits per heavy atom. The molecule has 0 fully saturated rings. The van der Waals surface area contributed by atoms with Gasteiger partial charge in [0.2, 0.25) is 0 Å². The monoisotopic (exact) mass is 253 g/mol. The van der Waals surface area contributed by atoms with Gasteiger partial charge >= 0.3 is 5.97 Å². The third kappa shape index (κ3) is 4.79. The highest BCUT2D eigenvalue weighted by Crippen LogP contribution is 2.31. The highest BCUT2D eigenvalue weighted by molar-refractivity contribution is 8.00. The molecule has 0 saturated carbocycles. The van der Waals surface area contributed by atoms with Crippen molar-refractivity contribution in [1.29, 1.82) is 0 Å². The van der Waals surface area contributed by atoms with E-state index >= 15 is 0 Å². The van der Waals surface area contributed by atoms with E-state index in [-0.39, 0.29) is 17.3 Å². The lowest BCUT2D eigenvalue weighted by Gasteiger charge is -2.20. The molecule has 0 saturated heterocycles. The lowest BCUT2D eigenvalue weighted by molar-refractivity contribution is -0.139. The van der Waals surface area contributed by atoms with Crippen LogP contribution in [0.2, 0.25) is 0 Å². The lowest BCUT2D eigenvalue weighted by Crippen LogP contribution is -2.24. The number of carbonyl (C=O) groups is 1. The SMILES string of the molecule is CCOC(=O)CSC(c1ccccc1)C(C)N. The molecule has 94 valence electrons. The second-order valence-corrected chi connectivity index (χ2v) is 4.94. The molecule has 2 unspecified atom stereocenters. The van der Waals surface area contributed by atoms with Gasteiger partial charge in [-0.3, -0.25) is 4.79 Å². The summed E-state index contributed by atoms with van der Waals surface area (Å²) in [6.45, 7) is 4.19. The number of esters is 1. The highest BCUT2D eigenvalue weighted by Gasteiger charge is 2.18. The zero-order valence-electron chi connectivity index (χ0n) is 10.3. The third-order valence-corrected chi connectivity index (χ3v) is 3.75. The number of ether oxygens (including phenoxy) is 1. The van der Waals surface area contributed by atoms with Gasteiger partial charge in [-0.1, -0.05) is 30.3 Å². The Kier molecular flexibility index (Phi) is 6.08. The first-order valence-electron chi connectivity index (χ1n) is 5.73. The molecule has 0 aliphatic rings. The molecule has 0 aliphatic heterocycles. The van der Waals surface area contributed by atoms with Gasteiger partial charge in [0, 0.05) is 11.3 Å². The minimum atomic E-state index is -0.181. The highest BCUT2D eigenvalue weighted by atomic mass is 32.2. The lowest BCUT2D eigenvalue weighted by atomic mass is 10.1. The number of benzene rings is 1. The van der Waals surface area contributed by atoms with Crippen LogP contribution in [0.4, 0.5) is 0 Å². The second-order valence-electron chi connectivity index (χ2n) is 3.81. The number of hydrogen-bond donors (Lipinski definition) is 1. The molecule has 2 N–H and O–H groups in total. The van der Waals surface area contributed by atoms with Gasteiger partial charge in [-0.25, -0.2) is 0 Å². The largest absolute Gasteiger partial charge is 0.465 e. The number of hydrogen-bond acceptors (Lipinski definition) is 4. The quantitative estimate of drug-likeness (QED) is 0.791. The Morgan fingerprint density at radius 3 is 2.59 bits per heavy atom. The second kappa shape index (κ2) is 7.35. The number of nitrogens with two attached hydrogens (primary N) is 1. The average Bonchev–Trinajstić information content (AvgIpc) is 2.30. The van der Waals surface area contributed by atoms with Crippen molar-refractivity contribution in [2.24, 2.45) is 5.73 Å². The van der Waals surface area contributed by atoms with E-state index in [0.29, 0.717) is 12.4 Å². The van der Waals surface area contributed by atoms with Crippen molar-refractivity contribution in [3.63, 3.8) is 0 Å². The van der Waals surface area contributed by atoms with Crippen molar-refractivity contribution < 1.29 is 9.53 Å². The maximum Gasteiger partial charge on any atom is 0.315 e. The molecule has 17 heavy (non-hydrogen) atoms. The van der Waals surface area contributed by atoms with Crippen molar-refractivity contribution in [1.82, 2.24) is 0 Å². The van der Waals surface area contributed by atoms with Gasteiger partial charge in [0.15, 0.2) is 0 Å². The first-order chi connectivity index (χ1) is 8.15. The smallest absolute Gasteiger partial charge is 0.315 e. The molecular formula is C13H19NO2S. The number of thioether (sulfide) groups is 1. The Balaban J connectivity index is 2.59. The van der Waals surface area contributed by atoms with E-state index in [1.165, 1.54) is 11.8 Å². The Labute approximate surface area is 107 Å². The Bertz CT molecular complexity index is 341. The van der Waals surface area contributed by atoms with E-state index in [4.69, 9.17) is 10.5 Å². The van der Waals surface area contributed by atoms with E-state index in [1.807, 2.05) is 44.2 Å². The molecule has 1 rings (SSSR count). The van der Waals surface area contributed by atoms with Crippen molar-refractivity contribution in [2.45, 2.75) is 25.1 Å². The molecule has 0 radical (unpaired) electrons. The number of carbonyl (C=O) groups excluding carboxylic acids is 1. The van der Waals surface area contributed by atoms with Crippen LogP contribution in [0.3, 0.4) is 0 Å². The predicted molar refractivity (Wildman–Crippen MR) is 71.9 cm³/mol. The maximum absolute atomic E-state index is 11.3. The van der Waals surface area contributed by atoms with Crippen molar-refractivity contribution in [3.05, 3.63) is 35.9 Å². The topological polar surface area (TPSA) is 52.3 Å². The molecular weight excluding hydrogens is 234 g/mol. The standard InChI is InChI=1S/C13H19NO2S/c1-3-16-12(15)9-17-13(10(2)14)11-7-5-4-6-8-11/h4-8,10,13H,3,9,14H2,1-2H3. The molecule has 0 aromatic heterocycles. The molecule has 1 aromatic rings. The van der Waals surface area contributed by atoms with Crippen LogP contribution in [0.1, 0.15) is 24.7 Å². The van der Waals surface area contributed by atoms with Crippen LogP contribution in [0.25, 0.3) is 0 Å². The van der Waals surface area contributed by atoms with E-state index in [2.05, 4.69) is 0 Å². The van der Waals surface area contributed by atoms with Gasteiger partial charge in [-0.05, 0) is 19.4 Å². The summed E-state index contributed by atoms with van der Waals surface area (Å²) in [6.07, 6.45) is 0. The fourth-order valence-electron chi connectivity index (χ4n) is 1.55. The summed E-state index contributed by atoms with van der Waals surface area (Å²) in [5.74, 6) is 0.161. The fourth-order valence-corrected chi connectivity index (χ4v) is 2.61. The molecule has 1 aromatic carbocycles. The van der Waals surface area contributed by atoms with Gasteiger partial charge in [-0.2, -0.15) is 0 Å². The molecule has 0 spiro atoms. The fraction of sp³-hybridized carbons (Fsp3) is 0.462. The van der Waals surface area contributed by atoms with E-state index < -0.39 is 0 Å². The minimum absolute atomic E-state index is 0.00294. The van der Waals surface area contributed by atoms with Crippen LogP contribution in [-0.4, -0.2) is 24.4 Å². The molecule has 0 aliphatic carbocycles. The van der Waals surface area contributed by atoms with E-state index in [9.17, 15) is 4.79 Å². The van der Waals surface area contributed by atoms with Crippen molar-refractivity contribution >= 4 is 17.7 Å². The molecule has 2 atom stereocenters. The van der Waals surface area contributed by atoms with E-state index in [0.717, 1.165) is 5.56 Å². The number of rotatable bonds is 6. The first-order valence-corrected chi connectivity index (χ1v) is 6.77. The summed E-state index contributed by atoms with van der Waals surface area (Å²) >= 11 is 1.53. The molecule has 4 heteroatoms. The maximum atomic E-state index is 11.3. The average molecular weight is 253 g/mol. The zero-order valence-corrected chi connectivity index (χ0v) is 11.1. The molecule has 0 heterocycles. The molecule has 0 bridgehead atoms. The normalized spacial score (nSPS) is 14.1. The summed E-state index contributed by atoms with van der Waals surface area (Å²) in [5.41, 5.74) is 7.11. The van der Waals surface area contributed by atoms with Gasteiger partial charge in [0.05, 0.1) is 12.4 Å². The summed E-state index contributed by atoms with van der Waals surface area (Å²) in [6, 6.07) is 10.00. The summed E-state index contributed by atoms with van der Waals surface area (Å²) in [7, 11) is 0. The summed E-state index contributed by atoms with van der Waals surface area (Å²) in [4.78, 5) is 11.3. The van der Waals surface area contributed by atoms with Crippen molar-refractivity contribution in [2.75, 3.05) is 12.4 Å². The van der Waals surface area contributed by atoms with Crippen LogP contribution >= 0.6 is 11.8 Å². The van der Waals surface area contributed by atoms with Crippen LogP contribution < -0.4 is 5.73 Å². The Morgan fingerprint density at radius 1 is 1.41 bits per heavy atom. The van der Waals surface area contributed by atoms with Crippen LogP contribution in [0, 0.1) is 0 Å². The summed E-state index contributed by atoms with van der Waals surface area (Å²) < 4.78 is 4.91. The van der Waals surface area contributed by atoms with Crippen molar-refractivity contribution in [3.8, 4) is 0 Å². The van der Waals surface area contributed by atoms with Gasteiger partial charge < -0.3 is 10.5 Å².